The van der Waals surface area contributed by atoms with E-state index >= 15 is 0 Å². The van der Waals surface area contributed by atoms with Crippen molar-refractivity contribution in [2.45, 2.75) is 111 Å². The third-order valence-electron chi connectivity index (χ3n) is 10.3. The fourth-order valence-electron chi connectivity index (χ4n) is 8.67. The molecule has 0 amide bonds. The molecule has 3 saturated carbocycles. The summed E-state index contributed by atoms with van der Waals surface area (Å²) in [5, 5.41) is 10.2. The molecule has 38 heavy (non-hydrogen) atoms. The topological polar surface area (TPSA) is 169 Å². The second-order valence-electron chi connectivity index (χ2n) is 13.1. The molecular weight excluding hydrogens is 532 g/mol. The van der Waals surface area contributed by atoms with E-state index in [1.54, 1.807) is 5.57 Å². The Balaban J connectivity index is 0.000000435. The zero-order valence-corrected chi connectivity index (χ0v) is 25.2. The molecule has 0 unspecified atom stereocenters. The van der Waals surface area contributed by atoms with E-state index in [9.17, 15) is 5.11 Å². The summed E-state index contributed by atoms with van der Waals surface area (Å²) < 4.78 is 63.2. The largest absolute Gasteiger partial charge is 0.394 e. The van der Waals surface area contributed by atoms with Crippen molar-refractivity contribution in [3.8, 4) is 0 Å². The molecule has 5 N–H and O–H groups in total. The van der Waals surface area contributed by atoms with E-state index in [2.05, 4.69) is 40.7 Å². The first-order valence-corrected chi connectivity index (χ1v) is 16.8. The third kappa shape index (κ3) is 9.24. The van der Waals surface area contributed by atoms with Gasteiger partial charge in [0.1, 0.15) is 0 Å². The Morgan fingerprint density at radius 2 is 1.45 bits per heavy atom. The Morgan fingerprint density at radius 1 is 0.868 bits per heavy atom. The Labute approximate surface area is 230 Å². The summed E-state index contributed by atoms with van der Waals surface area (Å²) in [6, 6.07) is 0. The molecule has 4 rings (SSSR count). The van der Waals surface area contributed by atoms with Crippen LogP contribution < -0.4 is 0 Å². The summed E-state index contributed by atoms with van der Waals surface area (Å²) in [6.07, 6.45) is 17.2. The van der Waals surface area contributed by atoms with E-state index in [1.165, 1.54) is 57.8 Å². The van der Waals surface area contributed by atoms with Crippen LogP contribution >= 0.6 is 0 Å². The second kappa shape index (κ2) is 13.0. The molecular formula is C27H50O9S2. The number of rotatable bonds is 5. The first-order valence-electron chi connectivity index (χ1n) is 14.0. The molecule has 0 bridgehead atoms. The highest BCUT2D eigenvalue weighted by Crippen LogP contribution is 2.67. The molecule has 9 nitrogen and oxygen atoms in total. The number of fused-ring (bicyclic) bond motifs is 5. The Hall–Kier alpha value is -0.560. The Bertz CT molecular complexity index is 977. The molecule has 0 aliphatic heterocycles. The number of aliphatic hydroxyl groups excluding tert-OH is 1. The predicted molar refractivity (Wildman–Crippen MR) is 147 cm³/mol. The molecule has 3 fully saturated rings. The van der Waals surface area contributed by atoms with Gasteiger partial charge in [-0.05, 0) is 97.7 Å². The molecule has 4 aliphatic rings. The van der Waals surface area contributed by atoms with Crippen molar-refractivity contribution in [3.05, 3.63) is 11.6 Å². The zero-order chi connectivity index (χ0) is 29.1. The summed E-state index contributed by atoms with van der Waals surface area (Å²) in [5.74, 6) is 5.46. The van der Waals surface area contributed by atoms with Gasteiger partial charge in [-0.25, -0.2) is 0 Å². The van der Waals surface area contributed by atoms with Gasteiger partial charge in [-0.15, -0.1) is 0 Å². The highest BCUT2D eigenvalue weighted by Gasteiger charge is 2.59. The van der Waals surface area contributed by atoms with Crippen LogP contribution in [0.15, 0.2) is 11.6 Å². The minimum atomic E-state index is -4.67. The average molecular weight is 583 g/mol. The molecule has 0 aromatic heterocycles. The van der Waals surface area contributed by atoms with Crippen LogP contribution in [0.25, 0.3) is 0 Å². The van der Waals surface area contributed by atoms with E-state index < -0.39 is 20.8 Å². The van der Waals surface area contributed by atoms with E-state index in [4.69, 9.17) is 35.0 Å². The number of hydrogen-bond donors (Lipinski definition) is 5. The fraction of sp³-hybridized carbons (Fsp3) is 0.926. The molecule has 4 aliphatic carbocycles. The van der Waals surface area contributed by atoms with Crippen molar-refractivity contribution in [2.75, 3.05) is 0 Å². The maximum Gasteiger partial charge on any atom is 0.394 e. The van der Waals surface area contributed by atoms with Gasteiger partial charge in [0, 0.05) is 0 Å². The Kier molecular flexibility index (Phi) is 11.5. The monoisotopic (exact) mass is 582 g/mol. The van der Waals surface area contributed by atoms with Gasteiger partial charge in [0.2, 0.25) is 0 Å². The van der Waals surface area contributed by atoms with E-state index in [0.29, 0.717) is 10.8 Å². The molecule has 11 heteroatoms. The van der Waals surface area contributed by atoms with Crippen molar-refractivity contribution in [1.82, 2.24) is 0 Å². The molecule has 8 atom stereocenters. The molecule has 224 valence electrons. The molecule has 0 aromatic carbocycles. The maximum atomic E-state index is 10.2. The lowest BCUT2D eigenvalue weighted by atomic mass is 9.47. The van der Waals surface area contributed by atoms with Gasteiger partial charge in [0.25, 0.3) is 0 Å². The third-order valence-corrected chi connectivity index (χ3v) is 10.3. The average Bonchev–Trinajstić information content (AvgIpc) is 3.09. The van der Waals surface area contributed by atoms with Crippen LogP contribution in [-0.2, 0) is 20.8 Å². The standard InChI is InChI=1S/C27H46O.2H2O4S/c1-18(2)7-6-8-19(3)23-11-12-24-22-10-9-20-17-21(28)13-15-26(20,4)25(22)14-16-27(23,24)5;2*1-5(2,3)4/h9,18-19,21-25,28H,6-8,10-17H2,1-5H3;2*(H2,1,2,3,4)/t19-,21+,22+,23-,24+,25+,26+,27-;;/m1../s1. The van der Waals surface area contributed by atoms with Gasteiger partial charge in [0.05, 0.1) is 6.10 Å². The minimum absolute atomic E-state index is 0.0766. The summed E-state index contributed by atoms with van der Waals surface area (Å²) in [7, 11) is -9.33. The van der Waals surface area contributed by atoms with Crippen molar-refractivity contribution >= 4 is 20.8 Å². The number of aliphatic hydroxyl groups is 1. The zero-order valence-electron chi connectivity index (χ0n) is 23.6. The van der Waals surface area contributed by atoms with E-state index in [1.807, 2.05) is 0 Å². The predicted octanol–water partition coefficient (Wildman–Crippen LogP) is 6.08. The van der Waals surface area contributed by atoms with Crippen LogP contribution in [0.3, 0.4) is 0 Å². The fourth-order valence-corrected chi connectivity index (χ4v) is 8.67. The number of hydrogen-bond acceptors (Lipinski definition) is 5. The van der Waals surface area contributed by atoms with Gasteiger partial charge >= 0.3 is 20.8 Å². The molecule has 0 heterocycles. The first-order chi connectivity index (χ1) is 17.3. The maximum absolute atomic E-state index is 10.2. The van der Waals surface area contributed by atoms with Crippen LogP contribution in [0.4, 0.5) is 0 Å². The number of allylic oxidation sites excluding steroid dienone is 1. The van der Waals surface area contributed by atoms with Crippen LogP contribution in [0.1, 0.15) is 105 Å². The lowest BCUT2D eigenvalue weighted by molar-refractivity contribution is -0.0573. The molecule has 0 aromatic rings. The normalized spacial score (nSPS) is 37.3. The SMILES string of the molecule is CC(C)CCC[C@@H](C)[C@H]1CC[C@H]2[C@@H]3CC=C4C[C@@H](O)CC[C@]4(C)[C@H]3CC[C@]12C.O=S(=O)(O)O.O=S(=O)(O)O. The van der Waals surface area contributed by atoms with Crippen LogP contribution in [-0.4, -0.2) is 46.3 Å². The van der Waals surface area contributed by atoms with Gasteiger partial charge in [-0.2, -0.15) is 16.8 Å². The van der Waals surface area contributed by atoms with Crippen molar-refractivity contribution in [3.63, 3.8) is 0 Å². The van der Waals surface area contributed by atoms with E-state index in [-0.39, 0.29) is 6.10 Å². The van der Waals surface area contributed by atoms with Crippen LogP contribution in [0.5, 0.6) is 0 Å². The van der Waals surface area contributed by atoms with E-state index in [0.717, 1.165) is 48.3 Å². The molecule has 0 saturated heterocycles. The van der Waals surface area contributed by atoms with Crippen molar-refractivity contribution in [1.29, 1.82) is 0 Å². The summed E-state index contributed by atoms with van der Waals surface area (Å²) in [4.78, 5) is 0. The molecule has 0 spiro atoms. The first kappa shape index (κ1) is 33.6. The summed E-state index contributed by atoms with van der Waals surface area (Å²) >= 11 is 0. The van der Waals surface area contributed by atoms with Gasteiger partial charge in [-0.1, -0.05) is 65.5 Å². The van der Waals surface area contributed by atoms with Gasteiger partial charge in [-0.3, -0.25) is 18.2 Å². The highest BCUT2D eigenvalue weighted by molar-refractivity contribution is 7.80. The van der Waals surface area contributed by atoms with Crippen molar-refractivity contribution in [2.24, 2.45) is 46.3 Å². The lowest BCUT2D eigenvalue weighted by Crippen LogP contribution is -2.50. The van der Waals surface area contributed by atoms with Gasteiger partial charge < -0.3 is 5.11 Å². The smallest absolute Gasteiger partial charge is 0.393 e. The Morgan fingerprint density at radius 3 is 2.00 bits per heavy atom. The van der Waals surface area contributed by atoms with Crippen molar-refractivity contribution < 1.29 is 40.2 Å². The van der Waals surface area contributed by atoms with Crippen LogP contribution in [0.2, 0.25) is 0 Å². The second-order valence-corrected chi connectivity index (χ2v) is 14.9. The lowest BCUT2D eigenvalue weighted by Gasteiger charge is -2.58. The molecule has 0 radical (unpaired) electrons. The quantitative estimate of drug-likeness (QED) is 0.190. The highest BCUT2D eigenvalue weighted by atomic mass is 32.3. The minimum Gasteiger partial charge on any atom is -0.393 e. The summed E-state index contributed by atoms with van der Waals surface area (Å²) in [5.41, 5.74) is 2.60. The van der Waals surface area contributed by atoms with Gasteiger partial charge in [0.15, 0.2) is 0 Å². The van der Waals surface area contributed by atoms with Crippen LogP contribution in [0, 0.1) is 46.3 Å². The summed E-state index contributed by atoms with van der Waals surface area (Å²) in [6.45, 7) is 12.6.